The first-order valence-corrected chi connectivity index (χ1v) is 5.17. The quantitative estimate of drug-likeness (QED) is 0.624. The smallest absolute Gasteiger partial charge is 0.0616 e. The van der Waals surface area contributed by atoms with Crippen LogP contribution in [-0.2, 0) is 6.42 Å². The Hall–Kier alpha value is -0.510. The molecule has 1 aromatic carbocycles. The van der Waals surface area contributed by atoms with Crippen molar-refractivity contribution in [1.82, 2.24) is 0 Å². The molecule has 1 heterocycles. The first-order valence-electron chi connectivity index (χ1n) is 3.45. The molecule has 2 nitrogen and oxygen atoms in total. The molecule has 0 saturated carbocycles. The predicted molar refractivity (Wildman–Crippen MR) is 45.0 cm³/mol. The van der Waals surface area contributed by atoms with E-state index in [0.29, 0.717) is 5.75 Å². The summed E-state index contributed by atoms with van der Waals surface area (Å²) in [4.78, 5) is 0.719. The standard InChI is InChI=1S/C8H9O2S/c9-11(10)6-5-7-3-1-2-4-8(7)11/h2-4,9-10H,5-6H2. The van der Waals surface area contributed by atoms with E-state index in [1.807, 2.05) is 6.07 Å². The van der Waals surface area contributed by atoms with E-state index >= 15 is 0 Å². The Morgan fingerprint density at radius 3 is 3.00 bits per heavy atom. The van der Waals surface area contributed by atoms with E-state index in [9.17, 15) is 9.11 Å². The molecule has 0 aliphatic carbocycles. The fraction of sp³-hybridized carbons (Fsp3) is 0.250. The van der Waals surface area contributed by atoms with Gasteiger partial charge in [0.25, 0.3) is 0 Å². The lowest BCUT2D eigenvalue weighted by atomic mass is 10.2. The summed E-state index contributed by atoms with van der Waals surface area (Å²) in [5.74, 6) is 0.486. The van der Waals surface area contributed by atoms with Crippen molar-refractivity contribution in [2.24, 2.45) is 0 Å². The topological polar surface area (TPSA) is 40.5 Å². The summed E-state index contributed by atoms with van der Waals surface area (Å²) in [5, 5.41) is 0. The number of hydrogen-bond acceptors (Lipinski definition) is 2. The van der Waals surface area contributed by atoms with Crippen molar-refractivity contribution in [3.63, 3.8) is 0 Å². The zero-order chi connectivity index (χ0) is 7.90. The van der Waals surface area contributed by atoms with Crippen molar-refractivity contribution in [2.45, 2.75) is 11.3 Å². The van der Waals surface area contributed by atoms with Crippen LogP contribution in [0.1, 0.15) is 5.56 Å². The van der Waals surface area contributed by atoms with Gasteiger partial charge in [0.05, 0.1) is 4.90 Å². The average molecular weight is 169 g/mol. The van der Waals surface area contributed by atoms with E-state index in [2.05, 4.69) is 6.07 Å². The van der Waals surface area contributed by atoms with Gasteiger partial charge in [-0.05, 0) is 30.2 Å². The maximum Gasteiger partial charge on any atom is 0.0616 e. The summed E-state index contributed by atoms with van der Waals surface area (Å²) >= 11 is 0. The highest BCUT2D eigenvalue weighted by Gasteiger charge is 2.25. The predicted octanol–water partition coefficient (Wildman–Crippen LogP) is 2.15. The van der Waals surface area contributed by atoms with Gasteiger partial charge in [-0.3, -0.25) is 9.11 Å². The van der Waals surface area contributed by atoms with Gasteiger partial charge in [-0.25, -0.2) is 0 Å². The first kappa shape index (κ1) is 7.16. The lowest BCUT2D eigenvalue weighted by Crippen LogP contribution is -1.95. The van der Waals surface area contributed by atoms with Gasteiger partial charge in [-0.15, -0.1) is 0 Å². The minimum absolute atomic E-state index is 0.486. The second-order valence-electron chi connectivity index (χ2n) is 2.65. The summed E-state index contributed by atoms with van der Waals surface area (Å²) in [5.41, 5.74) is 1.03. The Morgan fingerprint density at radius 1 is 1.45 bits per heavy atom. The van der Waals surface area contributed by atoms with Gasteiger partial charge in [0.1, 0.15) is 0 Å². The van der Waals surface area contributed by atoms with Crippen molar-refractivity contribution in [3.8, 4) is 0 Å². The Morgan fingerprint density at radius 2 is 2.27 bits per heavy atom. The molecule has 59 valence electrons. The van der Waals surface area contributed by atoms with E-state index in [1.165, 1.54) is 0 Å². The molecule has 1 aromatic rings. The molecule has 0 fully saturated rings. The lowest BCUT2D eigenvalue weighted by molar-refractivity contribution is 0.492. The molecule has 1 aliphatic heterocycles. The Bertz CT molecular complexity index is 283. The fourth-order valence-corrected chi connectivity index (χ4v) is 2.92. The number of rotatable bonds is 0. The molecule has 0 bridgehead atoms. The molecule has 2 N–H and O–H groups in total. The van der Waals surface area contributed by atoms with Crippen LogP contribution in [0.3, 0.4) is 0 Å². The van der Waals surface area contributed by atoms with Crippen molar-refractivity contribution < 1.29 is 9.11 Å². The number of fused-ring (bicyclic) bond motifs is 1. The molecule has 2 rings (SSSR count). The molecule has 3 heteroatoms. The van der Waals surface area contributed by atoms with E-state index in [1.54, 1.807) is 12.1 Å². The SMILES string of the molecule is OS1(O)CCc2c[c]ccc21. The zero-order valence-corrected chi connectivity index (χ0v) is 6.77. The molecule has 0 amide bonds. The third kappa shape index (κ3) is 1.05. The van der Waals surface area contributed by atoms with E-state index in [0.717, 1.165) is 16.9 Å². The first-order chi connectivity index (χ1) is 5.20. The Kier molecular flexibility index (Phi) is 1.45. The second-order valence-corrected chi connectivity index (χ2v) is 4.84. The minimum atomic E-state index is -2.43. The lowest BCUT2D eigenvalue weighted by Gasteiger charge is -2.26. The second kappa shape index (κ2) is 2.24. The Balaban J connectivity index is 2.56. The highest BCUT2D eigenvalue weighted by molar-refractivity contribution is 8.24. The van der Waals surface area contributed by atoms with Crippen molar-refractivity contribution in [2.75, 3.05) is 5.75 Å². The van der Waals surface area contributed by atoms with Gasteiger partial charge in [0.15, 0.2) is 0 Å². The van der Waals surface area contributed by atoms with Gasteiger partial charge in [0.2, 0.25) is 0 Å². The molecule has 0 saturated heterocycles. The number of hydrogen-bond donors (Lipinski definition) is 2. The highest BCUT2D eigenvalue weighted by atomic mass is 32.3. The van der Waals surface area contributed by atoms with Crippen molar-refractivity contribution >= 4 is 10.6 Å². The molecular formula is C8H9O2S. The molecule has 0 aromatic heterocycles. The van der Waals surface area contributed by atoms with Gasteiger partial charge in [-0.1, -0.05) is 6.07 Å². The number of benzene rings is 1. The molecule has 0 atom stereocenters. The van der Waals surface area contributed by atoms with Crippen LogP contribution in [-0.4, -0.2) is 14.9 Å². The zero-order valence-electron chi connectivity index (χ0n) is 5.95. The van der Waals surface area contributed by atoms with Crippen LogP contribution in [0.2, 0.25) is 0 Å². The number of aryl methyl sites for hydroxylation is 1. The summed E-state index contributed by atoms with van der Waals surface area (Å²) in [6.45, 7) is 0. The normalized spacial score (nSPS) is 22.7. The summed E-state index contributed by atoms with van der Waals surface area (Å²) in [6, 6.07) is 8.22. The largest absolute Gasteiger partial charge is 0.295 e. The maximum atomic E-state index is 9.47. The average Bonchev–Trinajstić information content (AvgIpc) is 2.29. The van der Waals surface area contributed by atoms with Gasteiger partial charge in [-0.2, -0.15) is 10.6 Å². The fourth-order valence-electron chi connectivity index (χ4n) is 1.33. The van der Waals surface area contributed by atoms with Gasteiger partial charge < -0.3 is 0 Å². The van der Waals surface area contributed by atoms with Crippen molar-refractivity contribution in [1.29, 1.82) is 0 Å². The van der Waals surface area contributed by atoms with Crippen LogP contribution in [0, 0.1) is 6.07 Å². The summed E-state index contributed by atoms with van der Waals surface area (Å²) < 4.78 is 18.9. The van der Waals surface area contributed by atoms with Crippen LogP contribution in [0.4, 0.5) is 0 Å². The molecular weight excluding hydrogens is 160 g/mol. The van der Waals surface area contributed by atoms with E-state index < -0.39 is 10.6 Å². The molecule has 11 heavy (non-hydrogen) atoms. The molecule has 0 unspecified atom stereocenters. The third-order valence-corrected chi connectivity index (χ3v) is 3.79. The van der Waals surface area contributed by atoms with Crippen LogP contribution in [0.15, 0.2) is 23.1 Å². The monoisotopic (exact) mass is 169 g/mol. The van der Waals surface area contributed by atoms with Gasteiger partial charge >= 0.3 is 0 Å². The maximum absolute atomic E-state index is 9.47. The molecule has 1 aliphatic rings. The third-order valence-electron chi connectivity index (χ3n) is 1.91. The van der Waals surface area contributed by atoms with Crippen LogP contribution in [0.25, 0.3) is 0 Å². The van der Waals surface area contributed by atoms with E-state index in [-0.39, 0.29) is 0 Å². The van der Waals surface area contributed by atoms with Crippen LogP contribution >= 0.6 is 10.6 Å². The van der Waals surface area contributed by atoms with E-state index in [4.69, 9.17) is 0 Å². The molecule has 1 radical (unpaired) electrons. The molecule has 0 spiro atoms. The summed E-state index contributed by atoms with van der Waals surface area (Å²) in [7, 11) is -2.43. The van der Waals surface area contributed by atoms with Crippen molar-refractivity contribution in [3.05, 3.63) is 29.8 Å². The van der Waals surface area contributed by atoms with Gasteiger partial charge in [0, 0.05) is 5.75 Å². The minimum Gasteiger partial charge on any atom is -0.295 e. The van der Waals surface area contributed by atoms with Crippen LogP contribution < -0.4 is 0 Å². The summed E-state index contributed by atoms with van der Waals surface area (Å²) in [6.07, 6.45) is 0.773. The Labute approximate surface area is 67.2 Å². The highest BCUT2D eigenvalue weighted by Crippen LogP contribution is 2.54. The van der Waals surface area contributed by atoms with Crippen LogP contribution in [0.5, 0.6) is 0 Å².